The molecular formula is C12H26N2O3. The third-order valence-electron chi connectivity index (χ3n) is 3.17. The zero-order chi connectivity index (χ0) is 13.5. The van der Waals surface area contributed by atoms with Crippen LogP contribution in [0, 0.1) is 5.41 Å². The average Bonchev–Trinajstić information content (AvgIpc) is 2.21. The fourth-order valence-electron chi connectivity index (χ4n) is 1.06. The van der Waals surface area contributed by atoms with Crippen LogP contribution in [0.4, 0.5) is 0 Å². The number of ether oxygens (including phenoxy) is 1. The van der Waals surface area contributed by atoms with Gasteiger partial charge in [0.15, 0.2) is 0 Å². The van der Waals surface area contributed by atoms with Gasteiger partial charge in [-0.2, -0.15) is 0 Å². The van der Waals surface area contributed by atoms with Crippen molar-refractivity contribution in [1.82, 2.24) is 5.32 Å². The molecule has 4 N–H and O–H groups in total. The molecule has 0 aromatic carbocycles. The first kappa shape index (κ1) is 16.4. The Kier molecular flexibility index (Phi) is 6.67. The maximum atomic E-state index is 11.9. The average molecular weight is 246 g/mol. The normalized spacial score (nSPS) is 12.6. The minimum atomic E-state index is -0.612. The lowest BCUT2D eigenvalue weighted by Gasteiger charge is -2.36. The first-order valence-electron chi connectivity index (χ1n) is 5.99. The van der Waals surface area contributed by atoms with Gasteiger partial charge in [0.1, 0.15) is 0 Å². The molecule has 0 aliphatic carbocycles. The molecule has 0 spiro atoms. The molecule has 0 unspecified atom stereocenters. The van der Waals surface area contributed by atoms with Crippen molar-refractivity contribution in [3.63, 3.8) is 0 Å². The molecule has 0 rings (SSSR count). The number of aliphatic hydroxyl groups is 1. The van der Waals surface area contributed by atoms with E-state index in [4.69, 9.17) is 15.6 Å². The number of carbonyl (C=O) groups excluding carboxylic acids is 1. The number of aliphatic hydroxyl groups excluding tert-OH is 1. The molecule has 17 heavy (non-hydrogen) atoms. The van der Waals surface area contributed by atoms with E-state index >= 15 is 0 Å². The highest BCUT2D eigenvalue weighted by molar-refractivity contribution is 5.83. The zero-order valence-corrected chi connectivity index (χ0v) is 11.4. The molecule has 0 aliphatic heterocycles. The Balaban J connectivity index is 3.87. The van der Waals surface area contributed by atoms with Crippen molar-refractivity contribution in [2.45, 2.75) is 39.7 Å². The Morgan fingerprint density at radius 1 is 1.29 bits per heavy atom. The number of hydrogen-bond acceptors (Lipinski definition) is 4. The van der Waals surface area contributed by atoms with Crippen LogP contribution in [0.2, 0.25) is 0 Å². The largest absolute Gasteiger partial charge is 0.394 e. The molecule has 0 radical (unpaired) electrons. The SMILES string of the molecule is CC(C)(N)C(C)(C)C(=O)NCCCOCCO. The molecule has 0 heterocycles. The van der Waals surface area contributed by atoms with Crippen molar-refractivity contribution in [1.29, 1.82) is 0 Å². The number of carbonyl (C=O) groups is 1. The lowest BCUT2D eigenvalue weighted by atomic mass is 9.74. The summed E-state index contributed by atoms with van der Waals surface area (Å²) in [5.74, 6) is -0.0489. The summed E-state index contributed by atoms with van der Waals surface area (Å²) in [7, 11) is 0. The summed E-state index contributed by atoms with van der Waals surface area (Å²) in [6, 6.07) is 0. The topological polar surface area (TPSA) is 84.6 Å². The fourth-order valence-corrected chi connectivity index (χ4v) is 1.06. The van der Waals surface area contributed by atoms with Gasteiger partial charge in [-0.3, -0.25) is 4.79 Å². The Morgan fingerprint density at radius 2 is 1.88 bits per heavy atom. The van der Waals surface area contributed by atoms with E-state index in [0.29, 0.717) is 19.8 Å². The van der Waals surface area contributed by atoms with Gasteiger partial charge in [0.25, 0.3) is 0 Å². The zero-order valence-electron chi connectivity index (χ0n) is 11.4. The number of hydrogen-bond donors (Lipinski definition) is 3. The minimum Gasteiger partial charge on any atom is -0.394 e. The summed E-state index contributed by atoms with van der Waals surface area (Å²) >= 11 is 0. The molecule has 102 valence electrons. The molecule has 5 nitrogen and oxygen atoms in total. The maximum absolute atomic E-state index is 11.9. The van der Waals surface area contributed by atoms with Crippen LogP contribution in [0.25, 0.3) is 0 Å². The number of nitrogens with two attached hydrogens (primary N) is 1. The molecule has 0 aromatic heterocycles. The van der Waals surface area contributed by atoms with Gasteiger partial charge >= 0.3 is 0 Å². The van der Waals surface area contributed by atoms with Gasteiger partial charge in [-0.15, -0.1) is 0 Å². The van der Waals surface area contributed by atoms with E-state index < -0.39 is 11.0 Å². The summed E-state index contributed by atoms with van der Waals surface area (Å²) in [6.45, 7) is 8.83. The van der Waals surface area contributed by atoms with Crippen molar-refractivity contribution in [3.8, 4) is 0 Å². The molecule has 0 saturated carbocycles. The van der Waals surface area contributed by atoms with Crippen molar-refractivity contribution in [3.05, 3.63) is 0 Å². The van der Waals surface area contributed by atoms with E-state index in [2.05, 4.69) is 5.32 Å². The third kappa shape index (κ3) is 5.48. The Hall–Kier alpha value is -0.650. The van der Waals surface area contributed by atoms with E-state index in [1.54, 1.807) is 0 Å². The van der Waals surface area contributed by atoms with Crippen LogP contribution in [0.5, 0.6) is 0 Å². The van der Waals surface area contributed by atoms with Crippen LogP contribution >= 0.6 is 0 Å². The van der Waals surface area contributed by atoms with Crippen LogP contribution in [0.15, 0.2) is 0 Å². The molecule has 5 heteroatoms. The molecule has 0 fully saturated rings. The summed E-state index contributed by atoms with van der Waals surface area (Å²) in [5.41, 5.74) is 4.79. The van der Waals surface area contributed by atoms with Crippen molar-refractivity contribution in [2.24, 2.45) is 11.1 Å². The van der Waals surface area contributed by atoms with E-state index in [1.165, 1.54) is 0 Å². The van der Waals surface area contributed by atoms with Gasteiger partial charge in [0.2, 0.25) is 5.91 Å². The second-order valence-corrected chi connectivity index (χ2v) is 5.29. The predicted molar refractivity (Wildman–Crippen MR) is 67.6 cm³/mol. The Bertz CT molecular complexity index is 234. The number of rotatable bonds is 8. The van der Waals surface area contributed by atoms with E-state index in [0.717, 1.165) is 6.42 Å². The Labute approximate surface area is 104 Å². The van der Waals surface area contributed by atoms with Gasteiger partial charge < -0.3 is 20.9 Å². The first-order chi connectivity index (χ1) is 7.73. The summed E-state index contributed by atoms with van der Waals surface area (Å²) in [5, 5.41) is 11.3. The maximum Gasteiger partial charge on any atom is 0.227 e. The van der Waals surface area contributed by atoms with Gasteiger partial charge in [-0.25, -0.2) is 0 Å². The lowest BCUT2D eigenvalue weighted by molar-refractivity contribution is -0.132. The van der Waals surface area contributed by atoms with Crippen LogP contribution in [0.3, 0.4) is 0 Å². The highest BCUT2D eigenvalue weighted by Gasteiger charge is 2.39. The van der Waals surface area contributed by atoms with Crippen LogP contribution < -0.4 is 11.1 Å². The number of amides is 1. The lowest BCUT2D eigenvalue weighted by Crippen LogP contribution is -2.55. The summed E-state index contributed by atoms with van der Waals surface area (Å²) in [6.07, 6.45) is 0.729. The highest BCUT2D eigenvalue weighted by atomic mass is 16.5. The standard InChI is InChI=1S/C12H26N2O3/c1-11(2,12(3,4)13)10(16)14-6-5-8-17-9-7-15/h15H,5-9,13H2,1-4H3,(H,14,16). The van der Waals surface area contributed by atoms with E-state index in [1.807, 2.05) is 27.7 Å². The third-order valence-corrected chi connectivity index (χ3v) is 3.17. The fraction of sp³-hybridized carbons (Fsp3) is 0.917. The minimum absolute atomic E-state index is 0.0285. The first-order valence-corrected chi connectivity index (χ1v) is 5.99. The highest BCUT2D eigenvalue weighted by Crippen LogP contribution is 2.28. The molecule has 1 amide bonds. The van der Waals surface area contributed by atoms with Crippen LogP contribution in [-0.4, -0.2) is 42.9 Å². The van der Waals surface area contributed by atoms with Gasteiger partial charge in [-0.1, -0.05) is 0 Å². The monoisotopic (exact) mass is 246 g/mol. The molecule has 0 saturated heterocycles. The molecule has 0 aromatic rings. The van der Waals surface area contributed by atoms with E-state index in [9.17, 15) is 4.79 Å². The van der Waals surface area contributed by atoms with Crippen molar-refractivity contribution in [2.75, 3.05) is 26.4 Å². The molecule has 0 aliphatic rings. The van der Waals surface area contributed by atoms with Crippen molar-refractivity contribution >= 4 is 5.91 Å². The van der Waals surface area contributed by atoms with Crippen LogP contribution in [0.1, 0.15) is 34.1 Å². The number of nitrogens with one attached hydrogen (secondary N) is 1. The molecule has 0 atom stereocenters. The van der Waals surface area contributed by atoms with E-state index in [-0.39, 0.29) is 12.5 Å². The summed E-state index contributed by atoms with van der Waals surface area (Å²) < 4.78 is 5.09. The van der Waals surface area contributed by atoms with Crippen molar-refractivity contribution < 1.29 is 14.6 Å². The second kappa shape index (κ2) is 6.93. The van der Waals surface area contributed by atoms with Gasteiger partial charge in [-0.05, 0) is 34.1 Å². The summed E-state index contributed by atoms with van der Waals surface area (Å²) in [4.78, 5) is 11.9. The molecular weight excluding hydrogens is 220 g/mol. The smallest absolute Gasteiger partial charge is 0.227 e. The predicted octanol–water partition coefficient (Wildman–Crippen LogP) is 0.265. The Morgan fingerprint density at radius 3 is 2.35 bits per heavy atom. The van der Waals surface area contributed by atoms with Gasteiger partial charge in [0, 0.05) is 18.7 Å². The van der Waals surface area contributed by atoms with Gasteiger partial charge in [0.05, 0.1) is 18.6 Å². The second-order valence-electron chi connectivity index (χ2n) is 5.29. The quantitative estimate of drug-likeness (QED) is 0.537. The van der Waals surface area contributed by atoms with Crippen LogP contribution in [-0.2, 0) is 9.53 Å². The molecule has 0 bridgehead atoms.